The van der Waals surface area contributed by atoms with Gasteiger partial charge in [0.25, 0.3) is 5.91 Å². The van der Waals surface area contributed by atoms with Gasteiger partial charge in [0.2, 0.25) is 5.56 Å². The first kappa shape index (κ1) is 20.4. The molecule has 29 heavy (non-hydrogen) atoms. The molecule has 0 atom stereocenters. The Bertz CT molecular complexity index is 1070. The molecule has 1 aromatic heterocycles. The predicted octanol–water partition coefficient (Wildman–Crippen LogP) is 4.95. The fourth-order valence-electron chi connectivity index (χ4n) is 2.78. The van der Waals surface area contributed by atoms with Crippen molar-refractivity contribution in [3.63, 3.8) is 0 Å². The van der Waals surface area contributed by atoms with E-state index in [1.807, 2.05) is 0 Å². The van der Waals surface area contributed by atoms with Crippen molar-refractivity contribution in [3.05, 3.63) is 81.2 Å². The third kappa shape index (κ3) is 4.92. The van der Waals surface area contributed by atoms with Crippen LogP contribution in [0.3, 0.4) is 0 Å². The smallest absolute Gasteiger partial charge is 0.416 e. The molecule has 1 aromatic carbocycles. The maximum absolute atomic E-state index is 13.4. The Hall–Kier alpha value is -3.36. The van der Waals surface area contributed by atoms with Gasteiger partial charge in [-0.15, -0.1) is 0 Å². The summed E-state index contributed by atoms with van der Waals surface area (Å²) in [5.74, 6) is -0.955. The molecule has 0 aliphatic heterocycles. The van der Waals surface area contributed by atoms with Crippen LogP contribution in [0.2, 0.25) is 0 Å². The molecule has 1 aliphatic rings. The number of hydrogen-bond donors (Lipinski definition) is 2. The molecule has 2 aromatic rings. The Labute approximate surface area is 162 Å². The number of halogens is 4. The number of anilines is 1. The van der Waals surface area contributed by atoms with Gasteiger partial charge >= 0.3 is 6.18 Å². The van der Waals surface area contributed by atoms with Crippen LogP contribution in [0, 0.1) is 0 Å². The lowest BCUT2D eigenvalue weighted by molar-refractivity contribution is -0.137. The first-order chi connectivity index (χ1) is 13.6. The van der Waals surface area contributed by atoms with Crippen molar-refractivity contribution in [1.29, 1.82) is 0 Å². The van der Waals surface area contributed by atoms with Gasteiger partial charge in [-0.2, -0.15) is 13.2 Å². The normalized spacial score (nSPS) is 14.4. The fraction of sp³-hybridized carbons (Fsp3) is 0.200. The Morgan fingerprint density at radius 1 is 1.17 bits per heavy atom. The highest BCUT2D eigenvalue weighted by molar-refractivity contribution is 6.06. The average molecular weight is 408 g/mol. The van der Waals surface area contributed by atoms with Gasteiger partial charge in [-0.1, -0.05) is 0 Å². The van der Waals surface area contributed by atoms with Crippen molar-refractivity contribution in [3.8, 4) is 5.75 Å². The van der Waals surface area contributed by atoms with Gasteiger partial charge in [-0.25, -0.2) is 4.39 Å². The summed E-state index contributed by atoms with van der Waals surface area (Å²) in [5.41, 5.74) is -1.29. The third-order valence-electron chi connectivity index (χ3n) is 4.22. The van der Waals surface area contributed by atoms with Crippen LogP contribution in [0.1, 0.15) is 35.7 Å². The van der Waals surface area contributed by atoms with Gasteiger partial charge in [-0.3, -0.25) is 9.59 Å². The number of aromatic nitrogens is 1. The van der Waals surface area contributed by atoms with E-state index in [1.54, 1.807) is 6.92 Å². The van der Waals surface area contributed by atoms with E-state index in [2.05, 4.69) is 10.3 Å². The van der Waals surface area contributed by atoms with Crippen molar-refractivity contribution in [2.24, 2.45) is 0 Å². The zero-order valence-electron chi connectivity index (χ0n) is 15.2. The molecule has 1 amide bonds. The van der Waals surface area contributed by atoms with E-state index in [1.165, 1.54) is 18.3 Å². The topological polar surface area (TPSA) is 71.2 Å². The highest BCUT2D eigenvalue weighted by atomic mass is 19.4. The predicted molar refractivity (Wildman–Crippen MR) is 98.2 cm³/mol. The molecule has 152 valence electrons. The molecule has 3 rings (SSSR count). The van der Waals surface area contributed by atoms with Gasteiger partial charge in [0, 0.05) is 30.8 Å². The molecule has 0 bridgehead atoms. The zero-order chi connectivity index (χ0) is 21.2. The van der Waals surface area contributed by atoms with Crippen molar-refractivity contribution in [2.75, 3.05) is 5.32 Å². The number of pyridine rings is 1. The molecule has 0 saturated carbocycles. The monoisotopic (exact) mass is 408 g/mol. The number of carbonyl (C=O) groups is 1. The number of H-pyrrole nitrogens is 1. The number of benzene rings is 1. The number of aromatic amines is 1. The van der Waals surface area contributed by atoms with Crippen molar-refractivity contribution in [2.45, 2.75) is 25.9 Å². The number of amides is 1. The van der Waals surface area contributed by atoms with Crippen LogP contribution in [-0.4, -0.2) is 10.9 Å². The van der Waals surface area contributed by atoms with E-state index >= 15 is 0 Å². The molecule has 0 radical (unpaired) electrons. The molecule has 1 heterocycles. The molecule has 2 N–H and O–H groups in total. The molecular weight excluding hydrogens is 392 g/mol. The minimum absolute atomic E-state index is 0.0988. The molecule has 0 fully saturated rings. The van der Waals surface area contributed by atoms with Crippen molar-refractivity contribution in [1.82, 2.24) is 4.98 Å². The number of rotatable bonds is 4. The fourth-order valence-corrected chi connectivity index (χ4v) is 2.78. The Morgan fingerprint density at radius 3 is 2.59 bits per heavy atom. The Balaban J connectivity index is 1.99. The number of allylic oxidation sites excluding steroid dienone is 4. The summed E-state index contributed by atoms with van der Waals surface area (Å²) in [4.78, 5) is 26.4. The summed E-state index contributed by atoms with van der Waals surface area (Å²) in [6.45, 7) is 1.61. The maximum Gasteiger partial charge on any atom is 0.416 e. The maximum atomic E-state index is 13.4. The number of alkyl halides is 3. The second-order valence-electron chi connectivity index (χ2n) is 6.40. The molecule has 5 nitrogen and oxygen atoms in total. The molecule has 9 heteroatoms. The van der Waals surface area contributed by atoms with Crippen LogP contribution in [0.4, 0.5) is 23.2 Å². The van der Waals surface area contributed by atoms with E-state index in [-0.39, 0.29) is 35.7 Å². The standard InChI is InChI=1S/C20H16F4N2O3/c1-11-8-13(21)3-5-16(11)29-17-4-2-12(20(22,23)24)9-15(17)19(28)26-14-6-7-25-18(27)10-14/h2,4,6-10H,3,5H2,1H3,(H2,25,26,27,28). The van der Waals surface area contributed by atoms with E-state index in [0.717, 1.165) is 18.2 Å². The van der Waals surface area contributed by atoms with E-state index < -0.39 is 23.2 Å². The SMILES string of the molecule is CC1=C(Oc2ccc(C(F)(F)F)cc2C(=O)Nc2cc[nH]c(=O)c2)CCC(F)=C1. The molecule has 0 unspecified atom stereocenters. The molecule has 1 aliphatic carbocycles. The summed E-state index contributed by atoms with van der Waals surface area (Å²) in [5, 5.41) is 2.38. The zero-order valence-corrected chi connectivity index (χ0v) is 15.2. The second-order valence-corrected chi connectivity index (χ2v) is 6.40. The quantitative estimate of drug-likeness (QED) is 0.704. The van der Waals surface area contributed by atoms with Crippen molar-refractivity contribution < 1.29 is 27.1 Å². The van der Waals surface area contributed by atoms with Crippen LogP contribution in [0.5, 0.6) is 5.75 Å². The first-order valence-corrected chi connectivity index (χ1v) is 8.58. The van der Waals surface area contributed by atoms with E-state index in [9.17, 15) is 27.2 Å². The first-order valence-electron chi connectivity index (χ1n) is 8.58. The second kappa shape index (κ2) is 7.94. The van der Waals surface area contributed by atoms with Gasteiger partial charge in [0.15, 0.2) is 0 Å². The highest BCUT2D eigenvalue weighted by Crippen LogP contribution is 2.35. The van der Waals surface area contributed by atoms with Gasteiger partial charge in [0.1, 0.15) is 17.3 Å². The van der Waals surface area contributed by atoms with Crippen LogP contribution in [-0.2, 0) is 6.18 Å². The van der Waals surface area contributed by atoms with Crippen LogP contribution in [0.25, 0.3) is 0 Å². The van der Waals surface area contributed by atoms with Gasteiger partial charge < -0.3 is 15.0 Å². The minimum Gasteiger partial charge on any atom is -0.461 e. The van der Waals surface area contributed by atoms with Gasteiger partial charge in [-0.05, 0) is 42.8 Å². The number of nitrogens with one attached hydrogen (secondary N) is 2. The highest BCUT2D eigenvalue weighted by Gasteiger charge is 2.32. The third-order valence-corrected chi connectivity index (χ3v) is 4.22. The molecule has 0 saturated heterocycles. The molecular formula is C20H16F4N2O3. The lowest BCUT2D eigenvalue weighted by Gasteiger charge is -2.19. The largest absolute Gasteiger partial charge is 0.461 e. The summed E-state index contributed by atoms with van der Waals surface area (Å²) in [7, 11) is 0. The summed E-state index contributed by atoms with van der Waals surface area (Å²) in [6.07, 6.45) is -1.78. The van der Waals surface area contributed by atoms with Crippen LogP contribution >= 0.6 is 0 Å². The summed E-state index contributed by atoms with van der Waals surface area (Å²) in [6, 6.07) is 4.99. The van der Waals surface area contributed by atoms with Crippen molar-refractivity contribution >= 4 is 11.6 Å². The van der Waals surface area contributed by atoms with Gasteiger partial charge in [0.05, 0.1) is 11.1 Å². The lowest BCUT2D eigenvalue weighted by atomic mass is 10.0. The minimum atomic E-state index is -4.66. The van der Waals surface area contributed by atoms with E-state index in [4.69, 9.17) is 4.74 Å². The Kier molecular flexibility index (Phi) is 5.58. The number of ether oxygens (including phenoxy) is 1. The molecule has 0 spiro atoms. The average Bonchev–Trinajstić information content (AvgIpc) is 2.63. The Morgan fingerprint density at radius 2 is 1.93 bits per heavy atom. The lowest BCUT2D eigenvalue weighted by Crippen LogP contribution is -2.17. The number of carbonyl (C=O) groups excluding carboxylic acids is 1. The van der Waals surface area contributed by atoms with Crippen LogP contribution in [0.15, 0.2) is 64.6 Å². The van der Waals surface area contributed by atoms with Crippen LogP contribution < -0.4 is 15.6 Å². The summed E-state index contributed by atoms with van der Waals surface area (Å²) < 4.78 is 58.4. The van der Waals surface area contributed by atoms with E-state index in [0.29, 0.717) is 17.4 Å². The number of hydrogen-bond acceptors (Lipinski definition) is 3. The summed E-state index contributed by atoms with van der Waals surface area (Å²) >= 11 is 0.